The summed E-state index contributed by atoms with van der Waals surface area (Å²) >= 11 is 0. The zero-order chi connectivity index (χ0) is 21.3. The molecule has 162 valence electrons. The van der Waals surface area contributed by atoms with Gasteiger partial charge in [0, 0.05) is 45.7 Å². The maximum absolute atomic E-state index is 13.7. The molecule has 3 fully saturated rings. The minimum Gasteiger partial charge on any atom is -0.385 e. The number of carbonyl (C=O) groups excluding carboxylic acids is 3. The molecule has 1 aliphatic carbocycles. The lowest BCUT2D eigenvalue weighted by atomic mass is 9.74. The molecule has 30 heavy (non-hydrogen) atoms. The van der Waals surface area contributed by atoms with Gasteiger partial charge in [0.1, 0.15) is 0 Å². The van der Waals surface area contributed by atoms with E-state index in [1.54, 1.807) is 7.11 Å². The van der Waals surface area contributed by atoms with Crippen LogP contribution in [0.2, 0.25) is 0 Å². The molecule has 1 aromatic carbocycles. The number of aryl methyl sites for hydroxylation is 1. The predicted molar refractivity (Wildman–Crippen MR) is 113 cm³/mol. The molecule has 0 spiro atoms. The fourth-order valence-electron chi connectivity index (χ4n) is 5.75. The SMILES string of the molecule is COCCCN1C(=O)C[C@](CC(=O)N2C[C@H]3CCC[C@H]2C3)(c2ccccc2C)C1=O. The van der Waals surface area contributed by atoms with E-state index in [1.165, 1.54) is 17.7 Å². The third-order valence-corrected chi connectivity index (χ3v) is 7.22. The van der Waals surface area contributed by atoms with E-state index < -0.39 is 5.41 Å². The van der Waals surface area contributed by atoms with E-state index in [1.807, 2.05) is 36.1 Å². The van der Waals surface area contributed by atoms with Crippen LogP contribution in [0.15, 0.2) is 24.3 Å². The summed E-state index contributed by atoms with van der Waals surface area (Å²) in [7, 11) is 1.61. The molecular formula is C24H32N2O4. The number of rotatable bonds is 7. The molecule has 2 saturated heterocycles. The number of likely N-dealkylation sites (tertiary alicyclic amines) is 2. The van der Waals surface area contributed by atoms with Gasteiger partial charge in [-0.1, -0.05) is 30.7 Å². The summed E-state index contributed by atoms with van der Waals surface area (Å²) in [6.07, 6.45) is 5.24. The minimum atomic E-state index is -1.09. The summed E-state index contributed by atoms with van der Waals surface area (Å²) in [6, 6.07) is 7.98. The molecule has 2 aliphatic heterocycles. The van der Waals surface area contributed by atoms with Crippen LogP contribution in [-0.2, 0) is 24.5 Å². The first-order chi connectivity index (χ1) is 14.5. The van der Waals surface area contributed by atoms with Crippen LogP contribution < -0.4 is 0 Å². The first kappa shape index (κ1) is 21.0. The summed E-state index contributed by atoms with van der Waals surface area (Å²) in [5.74, 6) is 0.196. The Labute approximate surface area is 178 Å². The van der Waals surface area contributed by atoms with Crippen LogP contribution >= 0.6 is 0 Å². The van der Waals surface area contributed by atoms with Gasteiger partial charge in [-0.2, -0.15) is 0 Å². The van der Waals surface area contributed by atoms with Crippen molar-refractivity contribution in [2.75, 3.05) is 26.8 Å². The van der Waals surface area contributed by atoms with Crippen molar-refractivity contribution in [3.05, 3.63) is 35.4 Å². The number of carbonyl (C=O) groups is 3. The third kappa shape index (κ3) is 3.66. The van der Waals surface area contributed by atoms with Crippen LogP contribution in [0.1, 0.15) is 56.1 Å². The van der Waals surface area contributed by atoms with Crippen LogP contribution in [0.3, 0.4) is 0 Å². The lowest BCUT2D eigenvalue weighted by Gasteiger charge is -2.32. The van der Waals surface area contributed by atoms with Gasteiger partial charge in [0.25, 0.3) is 0 Å². The second-order valence-corrected chi connectivity index (χ2v) is 9.18. The van der Waals surface area contributed by atoms with E-state index in [4.69, 9.17) is 4.74 Å². The molecule has 3 atom stereocenters. The Kier molecular flexibility index (Phi) is 5.96. The largest absolute Gasteiger partial charge is 0.385 e. The first-order valence-electron chi connectivity index (χ1n) is 11.2. The van der Waals surface area contributed by atoms with Crippen molar-refractivity contribution < 1.29 is 19.1 Å². The van der Waals surface area contributed by atoms with Crippen LogP contribution in [0, 0.1) is 12.8 Å². The highest BCUT2D eigenvalue weighted by Crippen LogP contribution is 2.43. The average molecular weight is 413 g/mol. The van der Waals surface area contributed by atoms with Crippen molar-refractivity contribution in [2.24, 2.45) is 5.92 Å². The van der Waals surface area contributed by atoms with Crippen molar-refractivity contribution in [3.63, 3.8) is 0 Å². The summed E-state index contributed by atoms with van der Waals surface area (Å²) in [5.41, 5.74) is 0.668. The van der Waals surface area contributed by atoms with Crippen molar-refractivity contribution in [1.82, 2.24) is 9.80 Å². The zero-order valence-electron chi connectivity index (χ0n) is 18.1. The molecular weight excluding hydrogens is 380 g/mol. The maximum Gasteiger partial charge on any atom is 0.240 e. The summed E-state index contributed by atoms with van der Waals surface area (Å²) < 4.78 is 5.09. The number of hydrogen-bond donors (Lipinski definition) is 0. The number of ether oxygens (including phenoxy) is 1. The van der Waals surface area contributed by atoms with E-state index in [-0.39, 0.29) is 30.6 Å². The summed E-state index contributed by atoms with van der Waals surface area (Å²) in [6.45, 7) is 3.58. The molecule has 6 nitrogen and oxygen atoms in total. The number of methoxy groups -OCH3 is 1. The Morgan fingerprint density at radius 3 is 2.77 bits per heavy atom. The van der Waals surface area contributed by atoms with Gasteiger partial charge in [-0.15, -0.1) is 0 Å². The number of nitrogens with zero attached hydrogens (tertiary/aromatic N) is 2. The van der Waals surface area contributed by atoms with Crippen LogP contribution in [0.4, 0.5) is 0 Å². The van der Waals surface area contributed by atoms with Gasteiger partial charge in [0.15, 0.2) is 0 Å². The molecule has 1 aromatic rings. The van der Waals surface area contributed by atoms with E-state index in [0.29, 0.717) is 31.5 Å². The molecule has 4 rings (SSSR count). The normalized spacial score (nSPS) is 28.5. The Bertz CT molecular complexity index is 838. The van der Waals surface area contributed by atoms with Gasteiger partial charge in [0.2, 0.25) is 17.7 Å². The van der Waals surface area contributed by atoms with Crippen molar-refractivity contribution >= 4 is 17.7 Å². The third-order valence-electron chi connectivity index (χ3n) is 7.22. The Balaban J connectivity index is 1.64. The minimum absolute atomic E-state index is 0.0209. The number of imide groups is 1. The van der Waals surface area contributed by atoms with E-state index in [9.17, 15) is 14.4 Å². The summed E-state index contributed by atoms with van der Waals surface area (Å²) in [5, 5.41) is 0. The lowest BCUT2D eigenvalue weighted by molar-refractivity contribution is -0.143. The smallest absolute Gasteiger partial charge is 0.240 e. The standard InChI is InChI=1S/C24H32N2O4/c1-17-7-3-4-10-20(17)24(14-21(27)25(23(24)29)11-6-12-30-2)15-22(28)26-16-18-8-5-9-19(26)13-18/h3-4,7,10,18-19H,5-6,8-9,11-16H2,1-2H3/t18-,19-,24-/m0/s1. The van der Waals surface area contributed by atoms with Crippen molar-refractivity contribution in [2.45, 2.75) is 63.3 Å². The van der Waals surface area contributed by atoms with Crippen molar-refractivity contribution in [3.8, 4) is 0 Å². The summed E-state index contributed by atoms with van der Waals surface area (Å²) in [4.78, 5) is 43.4. The zero-order valence-corrected chi connectivity index (χ0v) is 18.1. The highest BCUT2D eigenvalue weighted by atomic mass is 16.5. The fraction of sp³-hybridized carbons (Fsp3) is 0.625. The lowest BCUT2D eigenvalue weighted by Crippen LogP contribution is -2.45. The molecule has 3 aliphatic rings. The van der Waals surface area contributed by atoms with Gasteiger partial charge in [-0.25, -0.2) is 0 Å². The van der Waals surface area contributed by atoms with Gasteiger partial charge >= 0.3 is 0 Å². The molecule has 2 bridgehead atoms. The van der Waals surface area contributed by atoms with Crippen LogP contribution in [0.25, 0.3) is 0 Å². The van der Waals surface area contributed by atoms with Crippen LogP contribution in [0.5, 0.6) is 0 Å². The second-order valence-electron chi connectivity index (χ2n) is 9.18. The van der Waals surface area contributed by atoms with Gasteiger partial charge in [-0.3, -0.25) is 19.3 Å². The molecule has 6 heteroatoms. The Morgan fingerprint density at radius 1 is 1.23 bits per heavy atom. The van der Waals surface area contributed by atoms with E-state index in [2.05, 4.69) is 0 Å². The molecule has 0 unspecified atom stereocenters. The monoisotopic (exact) mass is 412 g/mol. The number of amides is 3. The molecule has 3 amide bonds. The highest BCUT2D eigenvalue weighted by molar-refractivity contribution is 6.11. The second kappa shape index (κ2) is 8.50. The fourth-order valence-corrected chi connectivity index (χ4v) is 5.75. The number of hydrogen-bond acceptors (Lipinski definition) is 4. The quantitative estimate of drug-likeness (QED) is 0.510. The Hall–Kier alpha value is -2.21. The highest BCUT2D eigenvalue weighted by Gasteiger charge is 2.55. The topological polar surface area (TPSA) is 66.9 Å². The molecule has 1 saturated carbocycles. The van der Waals surface area contributed by atoms with Crippen LogP contribution in [-0.4, -0.2) is 60.4 Å². The molecule has 2 heterocycles. The Morgan fingerprint density at radius 2 is 2.03 bits per heavy atom. The van der Waals surface area contributed by atoms with Gasteiger partial charge in [0.05, 0.1) is 5.41 Å². The average Bonchev–Trinajstić information content (AvgIpc) is 3.15. The van der Waals surface area contributed by atoms with E-state index >= 15 is 0 Å². The van der Waals surface area contributed by atoms with Gasteiger partial charge < -0.3 is 9.64 Å². The van der Waals surface area contributed by atoms with E-state index in [0.717, 1.165) is 30.5 Å². The predicted octanol–water partition coefficient (Wildman–Crippen LogP) is 2.82. The van der Waals surface area contributed by atoms with Gasteiger partial charge in [-0.05, 0) is 49.7 Å². The maximum atomic E-state index is 13.7. The van der Waals surface area contributed by atoms with Crippen molar-refractivity contribution in [1.29, 1.82) is 0 Å². The first-order valence-corrected chi connectivity index (χ1v) is 11.2. The number of fused-ring (bicyclic) bond motifs is 2. The molecule has 0 N–H and O–H groups in total. The molecule has 0 radical (unpaired) electrons. The molecule has 0 aromatic heterocycles. The number of benzene rings is 1.